The van der Waals surface area contributed by atoms with E-state index in [1.54, 1.807) is 25.4 Å². The maximum Gasteiger partial charge on any atom is 0.253 e. The number of aromatic nitrogens is 1. The minimum absolute atomic E-state index is 0.147. The van der Waals surface area contributed by atoms with Crippen LogP contribution < -0.4 is 20.1 Å². The van der Waals surface area contributed by atoms with Gasteiger partial charge in [0.05, 0.1) is 19.2 Å². The first kappa shape index (κ1) is 19.2. The van der Waals surface area contributed by atoms with E-state index in [-0.39, 0.29) is 5.91 Å². The van der Waals surface area contributed by atoms with Gasteiger partial charge in [-0.05, 0) is 42.0 Å². The molecule has 0 fully saturated rings. The van der Waals surface area contributed by atoms with Crippen LogP contribution in [0.1, 0.15) is 15.9 Å². The molecule has 144 valence electrons. The van der Waals surface area contributed by atoms with Crippen molar-refractivity contribution in [3.05, 3.63) is 84.1 Å². The predicted octanol–water partition coefficient (Wildman–Crippen LogP) is 3.51. The lowest BCUT2D eigenvalue weighted by molar-refractivity contribution is 0.0950. The number of anilines is 1. The molecule has 0 spiro atoms. The van der Waals surface area contributed by atoms with Crippen LogP contribution in [0.15, 0.2) is 72.9 Å². The molecule has 0 aliphatic carbocycles. The average Bonchev–Trinajstić information content (AvgIpc) is 2.76. The molecule has 1 heterocycles. The highest BCUT2D eigenvalue weighted by atomic mass is 16.5. The third-order valence-corrected chi connectivity index (χ3v) is 4.06. The highest BCUT2D eigenvalue weighted by Crippen LogP contribution is 2.16. The van der Waals surface area contributed by atoms with Gasteiger partial charge in [0.25, 0.3) is 5.91 Å². The zero-order valence-corrected chi connectivity index (χ0v) is 15.7. The third-order valence-electron chi connectivity index (χ3n) is 4.06. The number of nitrogens with zero attached hydrogens (tertiary/aromatic N) is 1. The Morgan fingerprint density at radius 2 is 1.71 bits per heavy atom. The molecular weight excluding hydrogens is 354 g/mol. The Hall–Kier alpha value is -3.54. The summed E-state index contributed by atoms with van der Waals surface area (Å²) < 4.78 is 10.8. The number of pyridine rings is 1. The van der Waals surface area contributed by atoms with Crippen LogP contribution in [0.5, 0.6) is 11.5 Å². The summed E-state index contributed by atoms with van der Waals surface area (Å²) in [6.45, 7) is 1.58. The van der Waals surface area contributed by atoms with Crippen LogP contribution in [-0.4, -0.2) is 31.2 Å². The summed E-state index contributed by atoms with van der Waals surface area (Å²) in [5.74, 6) is 2.12. The molecule has 6 heteroatoms. The molecule has 0 bridgehead atoms. The van der Waals surface area contributed by atoms with Gasteiger partial charge in [0, 0.05) is 12.7 Å². The monoisotopic (exact) mass is 377 g/mol. The number of carbonyl (C=O) groups excluding carboxylic acids is 1. The second kappa shape index (κ2) is 9.97. The van der Waals surface area contributed by atoms with Gasteiger partial charge >= 0.3 is 0 Å². The second-order valence-electron chi connectivity index (χ2n) is 6.05. The van der Waals surface area contributed by atoms with Crippen molar-refractivity contribution in [2.75, 3.05) is 25.6 Å². The number of ether oxygens (including phenoxy) is 2. The molecule has 3 rings (SSSR count). The lowest BCUT2D eigenvalue weighted by Gasteiger charge is -2.09. The molecule has 0 aliphatic rings. The summed E-state index contributed by atoms with van der Waals surface area (Å²) in [5.41, 5.74) is 1.58. The number of benzene rings is 2. The first-order valence-electron chi connectivity index (χ1n) is 9.03. The van der Waals surface area contributed by atoms with E-state index < -0.39 is 0 Å². The van der Waals surface area contributed by atoms with Crippen LogP contribution in [-0.2, 0) is 6.54 Å². The van der Waals surface area contributed by atoms with Gasteiger partial charge in [-0.25, -0.2) is 4.98 Å². The van der Waals surface area contributed by atoms with Crippen molar-refractivity contribution in [3.63, 3.8) is 0 Å². The first-order valence-corrected chi connectivity index (χ1v) is 9.03. The minimum Gasteiger partial charge on any atom is -0.497 e. The van der Waals surface area contributed by atoms with Crippen LogP contribution >= 0.6 is 0 Å². The molecule has 1 aromatic heterocycles. The van der Waals surface area contributed by atoms with Crippen LogP contribution in [0.3, 0.4) is 0 Å². The molecule has 0 saturated carbocycles. The van der Waals surface area contributed by atoms with E-state index in [1.807, 2.05) is 54.6 Å². The number of nitrogens with one attached hydrogen (secondary N) is 2. The largest absolute Gasteiger partial charge is 0.497 e. The van der Waals surface area contributed by atoms with Crippen LogP contribution in [0.2, 0.25) is 0 Å². The number of methoxy groups -OCH3 is 1. The maximum atomic E-state index is 12.2. The third kappa shape index (κ3) is 5.74. The molecule has 28 heavy (non-hydrogen) atoms. The fraction of sp³-hybridized carbons (Fsp3) is 0.182. The second-order valence-corrected chi connectivity index (χ2v) is 6.05. The first-order chi connectivity index (χ1) is 13.7. The number of hydrogen-bond donors (Lipinski definition) is 2. The summed E-state index contributed by atoms with van der Waals surface area (Å²) >= 11 is 0. The van der Waals surface area contributed by atoms with Gasteiger partial charge in [-0.2, -0.15) is 0 Å². The van der Waals surface area contributed by atoms with Gasteiger partial charge in [0.1, 0.15) is 23.9 Å². The van der Waals surface area contributed by atoms with E-state index in [0.717, 1.165) is 17.1 Å². The zero-order chi connectivity index (χ0) is 19.6. The Labute approximate surface area is 164 Å². The molecule has 0 saturated heterocycles. The van der Waals surface area contributed by atoms with Crippen LogP contribution in [0.25, 0.3) is 0 Å². The Bertz CT molecular complexity index is 866. The Morgan fingerprint density at radius 1 is 0.964 bits per heavy atom. The van der Waals surface area contributed by atoms with E-state index in [2.05, 4.69) is 15.6 Å². The van der Waals surface area contributed by atoms with Crippen molar-refractivity contribution in [1.29, 1.82) is 0 Å². The number of hydrogen-bond acceptors (Lipinski definition) is 5. The van der Waals surface area contributed by atoms with Crippen LogP contribution in [0, 0.1) is 0 Å². The Kier molecular flexibility index (Phi) is 6.84. The highest BCUT2D eigenvalue weighted by Gasteiger charge is 2.06. The Morgan fingerprint density at radius 3 is 2.39 bits per heavy atom. The normalized spacial score (nSPS) is 10.2. The average molecular weight is 377 g/mol. The maximum absolute atomic E-state index is 12.2. The fourth-order valence-electron chi connectivity index (χ4n) is 2.53. The SMILES string of the molecule is COc1ccc(OCCNc2ccc(C(=O)NCc3ccccc3)cn2)cc1. The van der Waals surface area contributed by atoms with Gasteiger partial charge < -0.3 is 20.1 Å². The summed E-state index contributed by atoms with van der Waals surface area (Å²) in [5, 5.41) is 6.05. The molecular formula is C22H23N3O3. The lowest BCUT2D eigenvalue weighted by atomic mass is 10.2. The van der Waals surface area contributed by atoms with E-state index in [0.29, 0.717) is 31.1 Å². The number of amides is 1. The van der Waals surface area contributed by atoms with Gasteiger partial charge in [-0.3, -0.25) is 4.79 Å². The lowest BCUT2D eigenvalue weighted by Crippen LogP contribution is -2.23. The smallest absolute Gasteiger partial charge is 0.253 e. The zero-order valence-electron chi connectivity index (χ0n) is 15.7. The summed E-state index contributed by atoms with van der Waals surface area (Å²) in [7, 11) is 1.63. The van der Waals surface area contributed by atoms with E-state index in [9.17, 15) is 4.79 Å². The minimum atomic E-state index is -0.147. The van der Waals surface area contributed by atoms with Crippen molar-refractivity contribution in [2.45, 2.75) is 6.54 Å². The van der Waals surface area contributed by atoms with Gasteiger partial charge in [-0.15, -0.1) is 0 Å². The predicted molar refractivity (Wildman–Crippen MR) is 109 cm³/mol. The quantitative estimate of drug-likeness (QED) is 0.558. The van der Waals surface area contributed by atoms with Crippen molar-refractivity contribution in [1.82, 2.24) is 10.3 Å². The molecule has 1 amide bonds. The molecule has 0 atom stereocenters. The van der Waals surface area contributed by atoms with Gasteiger partial charge in [0.2, 0.25) is 0 Å². The number of rotatable bonds is 9. The molecule has 0 radical (unpaired) electrons. The molecule has 2 aromatic carbocycles. The van der Waals surface area contributed by atoms with E-state index >= 15 is 0 Å². The van der Waals surface area contributed by atoms with Crippen molar-refractivity contribution in [3.8, 4) is 11.5 Å². The molecule has 0 unspecified atom stereocenters. The van der Waals surface area contributed by atoms with E-state index in [1.165, 1.54) is 0 Å². The van der Waals surface area contributed by atoms with Crippen molar-refractivity contribution >= 4 is 11.7 Å². The standard InChI is InChI=1S/C22H23N3O3/c1-27-19-8-10-20(11-9-19)28-14-13-23-21-12-7-18(16-24-21)22(26)25-15-17-5-3-2-4-6-17/h2-12,16H,13-15H2,1H3,(H,23,24)(H,25,26). The number of carbonyl (C=O) groups is 1. The fourth-order valence-corrected chi connectivity index (χ4v) is 2.53. The van der Waals surface area contributed by atoms with Crippen LogP contribution in [0.4, 0.5) is 5.82 Å². The summed E-state index contributed by atoms with van der Waals surface area (Å²) in [6.07, 6.45) is 1.56. The van der Waals surface area contributed by atoms with Gasteiger partial charge in [-0.1, -0.05) is 30.3 Å². The van der Waals surface area contributed by atoms with Crippen molar-refractivity contribution in [2.24, 2.45) is 0 Å². The molecule has 3 aromatic rings. The molecule has 2 N–H and O–H groups in total. The van der Waals surface area contributed by atoms with Gasteiger partial charge in [0.15, 0.2) is 0 Å². The van der Waals surface area contributed by atoms with E-state index in [4.69, 9.17) is 9.47 Å². The molecule has 6 nitrogen and oxygen atoms in total. The summed E-state index contributed by atoms with van der Waals surface area (Å²) in [6, 6.07) is 20.7. The Balaban J connectivity index is 1.40. The molecule has 0 aliphatic heterocycles. The van der Waals surface area contributed by atoms with Crippen molar-refractivity contribution < 1.29 is 14.3 Å². The topological polar surface area (TPSA) is 72.5 Å². The highest BCUT2D eigenvalue weighted by molar-refractivity contribution is 5.94. The summed E-state index contributed by atoms with van der Waals surface area (Å²) in [4.78, 5) is 16.5.